The monoisotopic (exact) mass is 292 g/mol. The zero-order valence-electron chi connectivity index (χ0n) is 10.4. The predicted molar refractivity (Wildman–Crippen MR) is 71.7 cm³/mol. The molecule has 0 radical (unpaired) electrons. The van der Waals surface area contributed by atoms with Crippen LogP contribution in [0.25, 0.3) is 0 Å². The number of pyridine rings is 1. The number of hydrogen-bond donors (Lipinski definition) is 2. The van der Waals surface area contributed by atoms with Crippen LogP contribution in [0.3, 0.4) is 0 Å². The van der Waals surface area contributed by atoms with Crippen molar-refractivity contribution in [2.45, 2.75) is 11.4 Å². The molecule has 0 unspecified atom stereocenters. The number of carbonyl (C=O) groups is 1. The summed E-state index contributed by atoms with van der Waals surface area (Å²) < 4.78 is 26.4. The third-order valence-electron chi connectivity index (χ3n) is 2.58. The number of carboxylic acids is 1. The highest BCUT2D eigenvalue weighted by Gasteiger charge is 2.14. The summed E-state index contributed by atoms with van der Waals surface area (Å²) >= 11 is 0. The standard InChI is InChI=1S/C13H12N2O4S/c16-13(17)10-4-6-12(7-5-10)20(18,19)15-9-11-3-1-2-8-14-11/h1-8,15H,9H2,(H,16,17). The Balaban J connectivity index is 2.12. The van der Waals surface area contributed by atoms with Gasteiger partial charge in [0.15, 0.2) is 0 Å². The van der Waals surface area contributed by atoms with Crippen LogP contribution in [0.4, 0.5) is 0 Å². The van der Waals surface area contributed by atoms with Gasteiger partial charge < -0.3 is 5.11 Å². The van der Waals surface area contributed by atoms with Gasteiger partial charge in [-0.25, -0.2) is 17.9 Å². The van der Waals surface area contributed by atoms with Gasteiger partial charge in [-0.15, -0.1) is 0 Å². The fraction of sp³-hybridized carbons (Fsp3) is 0.0769. The molecule has 0 atom stereocenters. The molecule has 0 amide bonds. The smallest absolute Gasteiger partial charge is 0.335 e. The molecular weight excluding hydrogens is 280 g/mol. The van der Waals surface area contributed by atoms with Crippen LogP contribution in [-0.4, -0.2) is 24.5 Å². The van der Waals surface area contributed by atoms with Crippen LogP contribution in [0.5, 0.6) is 0 Å². The highest BCUT2D eigenvalue weighted by molar-refractivity contribution is 7.89. The van der Waals surface area contributed by atoms with Crippen molar-refractivity contribution in [3.8, 4) is 0 Å². The lowest BCUT2D eigenvalue weighted by atomic mass is 10.2. The number of nitrogens with one attached hydrogen (secondary N) is 1. The van der Waals surface area contributed by atoms with E-state index in [0.717, 1.165) is 0 Å². The average Bonchev–Trinajstić information content (AvgIpc) is 2.46. The van der Waals surface area contributed by atoms with Crippen molar-refractivity contribution in [1.82, 2.24) is 9.71 Å². The third kappa shape index (κ3) is 3.40. The number of benzene rings is 1. The van der Waals surface area contributed by atoms with Crippen LogP contribution in [-0.2, 0) is 16.6 Å². The number of nitrogens with zero attached hydrogens (tertiary/aromatic N) is 1. The van der Waals surface area contributed by atoms with Crippen LogP contribution in [0.1, 0.15) is 16.1 Å². The number of hydrogen-bond acceptors (Lipinski definition) is 4. The molecule has 0 aliphatic heterocycles. The van der Waals surface area contributed by atoms with Crippen LogP contribution < -0.4 is 4.72 Å². The molecule has 2 N–H and O–H groups in total. The summed E-state index contributed by atoms with van der Waals surface area (Å²) in [7, 11) is -3.68. The maximum absolute atomic E-state index is 12.0. The van der Waals surface area contributed by atoms with Gasteiger partial charge in [-0.3, -0.25) is 4.98 Å². The minimum Gasteiger partial charge on any atom is -0.478 e. The summed E-state index contributed by atoms with van der Waals surface area (Å²) in [6.07, 6.45) is 1.57. The molecule has 0 spiro atoms. The van der Waals surface area contributed by atoms with E-state index in [1.54, 1.807) is 24.4 Å². The van der Waals surface area contributed by atoms with E-state index in [0.29, 0.717) is 5.69 Å². The molecule has 0 aliphatic carbocycles. The molecule has 0 fully saturated rings. The molecule has 1 aromatic carbocycles. The number of sulfonamides is 1. The van der Waals surface area contributed by atoms with E-state index in [-0.39, 0.29) is 17.0 Å². The number of aromatic carboxylic acids is 1. The Bertz CT molecular complexity index is 697. The maximum Gasteiger partial charge on any atom is 0.335 e. The van der Waals surface area contributed by atoms with Gasteiger partial charge in [0.25, 0.3) is 0 Å². The normalized spacial score (nSPS) is 11.2. The van der Waals surface area contributed by atoms with Gasteiger partial charge in [-0.05, 0) is 36.4 Å². The summed E-state index contributed by atoms with van der Waals surface area (Å²) in [5.74, 6) is -1.10. The van der Waals surface area contributed by atoms with Gasteiger partial charge in [-0.1, -0.05) is 6.07 Å². The highest BCUT2D eigenvalue weighted by Crippen LogP contribution is 2.11. The Hall–Kier alpha value is -2.25. The molecule has 2 rings (SSSR count). The molecule has 0 saturated heterocycles. The number of carboxylic acid groups (broad SMARTS) is 1. The third-order valence-corrected chi connectivity index (χ3v) is 4.00. The fourth-order valence-corrected chi connectivity index (χ4v) is 2.53. The molecule has 6 nitrogen and oxygen atoms in total. The van der Waals surface area contributed by atoms with Crippen molar-refractivity contribution in [3.05, 3.63) is 59.9 Å². The summed E-state index contributed by atoms with van der Waals surface area (Å²) in [5.41, 5.74) is 0.631. The lowest BCUT2D eigenvalue weighted by Gasteiger charge is -2.06. The fourth-order valence-electron chi connectivity index (χ4n) is 1.53. The second-order valence-electron chi connectivity index (χ2n) is 3.98. The van der Waals surface area contributed by atoms with Crippen molar-refractivity contribution in [1.29, 1.82) is 0 Å². The van der Waals surface area contributed by atoms with Crippen molar-refractivity contribution in [2.75, 3.05) is 0 Å². The largest absolute Gasteiger partial charge is 0.478 e. The second-order valence-corrected chi connectivity index (χ2v) is 5.74. The second kappa shape index (κ2) is 5.81. The Kier molecular flexibility index (Phi) is 4.11. The maximum atomic E-state index is 12.0. The van der Waals surface area contributed by atoms with Crippen molar-refractivity contribution >= 4 is 16.0 Å². The lowest BCUT2D eigenvalue weighted by Crippen LogP contribution is -2.23. The number of aromatic nitrogens is 1. The summed E-state index contributed by atoms with van der Waals surface area (Å²) in [5, 5.41) is 8.76. The molecule has 0 aliphatic rings. The molecule has 20 heavy (non-hydrogen) atoms. The van der Waals surface area contributed by atoms with Crippen molar-refractivity contribution in [3.63, 3.8) is 0 Å². The zero-order valence-corrected chi connectivity index (χ0v) is 11.2. The molecule has 0 bridgehead atoms. The van der Waals surface area contributed by atoms with Crippen molar-refractivity contribution < 1.29 is 18.3 Å². The topological polar surface area (TPSA) is 96.4 Å². The Morgan fingerprint density at radius 1 is 1.15 bits per heavy atom. The van der Waals surface area contributed by atoms with Gasteiger partial charge >= 0.3 is 5.97 Å². The van der Waals surface area contributed by atoms with Gasteiger partial charge in [0.05, 0.1) is 22.7 Å². The van der Waals surface area contributed by atoms with E-state index in [1.807, 2.05) is 0 Å². The quantitative estimate of drug-likeness (QED) is 0.864. The van der Waals surface area contributed by atoms with Gasteiger partial charge in [-0.2, -0.15) is 0 Å². The van der Waals surface area contributed by atoms with Crippen LogP contribution in [0.2, 0.25) is 0 Å². The van der Waals surface area contributed by atoms with E-state index in [1.165, 1.54) is 24.3 Å². The minimum atomic E-state index is -3.68. The lowest BCUT2D eigenvalue weighted by molar-refractivity contribution is 0.0696. The highest BCUT2D eigenvalue weighted by atomic mass is 32.2. The van der Waals surface area contributed by atoms with E-state index >= 15 is 0 Å². The molecule has 7 heteroatoms. The predicted octanol–water partition coefficient (Wildman–Crippen LogP) is 1.26. The zero-order chi connectivity index (χ0) is 14.6. The first-order valence-electron chi connectivity index (χ1n) is 5.72. The summed E-state index contributed by atoms with van der Waals surface area (Å²) in [6.45, 7) is 0.0733. The molecule has 104 valence electrons. The Morgan fingerprint density at radius 3 is 2.40 bits per heavy atom. The first-order chi connectivity index (χ1) is 9.49. The summed E-state index contributed by atoms with van der Waals surface area (Å²) in [4.78, 5) is 14.7. The van der Waals surface area contributed by atoms with Crippen LogP contribution >= 0.6 is 0 Å². The molecular formula is C13H12N2O4S. The minimum absolute atomic E-state index is 0.0124. The van der Waals surface area contributed by atoms with Crippen LogP contribution in [0, 0.1) is 0 Å². The molecule has 0 saturated carbocycles. The Labute approximate surface area is 116 Å². The van der Waals surface area contributed by atoms with E-state index in [9.17, 15) is 13.2 Å². The van der Waals surface area contributed by atoms with Gasteiger partial charge in [0.1, 0.15) is 0 Å². The van der Waals surface area contributed by atoms with E-state index < -0.39 is 16.0 Å². The molecule has 2 aromatic rings. The van der Waals surface area contributed by atoms with Gasteiger partial charge in [0.2, 0.25) is 10.0 Å². The van der Waals surface area contributed by atoms with E-state index in [4.69, 9.17) is 5.11 Å². The number of rotatable bonds is 5. The molecule has 1 heterocycles. The van der Waals surface area contributed by atoms with Crippen LogP contribution in [0.15, 0.2) is 53.6 Å². The van der Waals surface area contributed by atoms with E-state index in [2.05, 4.69) is 9.71 Å². The Morgan fingerprint density at radius 2 is 1.85 bits per heavy atom. The van der Waals surface area contributed by atoms with Gasteiger partial charge in [0, 0.05) is 6.20 Å². The SMILES string of the molecule is O=C(O)c1ccc(S(=O)(=O)NCc2ccccn2)cc1. The average molecular weight is 292 g/mol. The molecule has 1 aromatic heterocycles. The first-order valence-corrected chi connectivity index (χ1v) is 7.20. The first kappa shape index (κ1) is 14.2. The summed E-state index contributed by atoms with van der Waals surface area (Å²) in [6, 6.07) is 10.2. The van der Waals surface area contributed by atoms with Crippen molar-refractivity contribution in [2.24, 2.45) is 0 Å².